The number of hydrogen-bond donors (Lipinski definition) is 4. The highest BCUT2D eigenvalue weighted by Gasteiger charge is 2.53. The van der Waals surface area contributed by atoms with Crippen LogP contribution in [0, 0.1) is 0 Å². The van der Waals surface area contributed by atoms with E-state index in [1.165, 1.54) is 18.7 Å². The molecule has 248 valence electrons. The first-order chi connectivity index (χ1) is 22.4. The number of aryl methyl sites for hydroxylation is 1. The number of rotatable bonds is 13. The number of carboxylic acid groups (broad SMARTS) is 2. The summed E-state index contributed by atoms with van der Waals surface area (Å²) in [5.74, 6) is -4.37. The van der Waals surface area contributed by atoms with Crippen molar-refractivity contribution in [1.82, 2.24) is 19.8 Å². The van der Waals surface area contributed by atoms with Crippen LogP contribution in [0.4, 0.5) is 9.93 Å². The molecule has 0 saturated carbocycles. The van der Waals surface area contributed by atoms with Gasteiger partial charge in [0.2, 0.25) is 11.6 Å². The highest BCUT2D eigenvalue weighted by atomic mass is 35.5. The Bertz CT molecular complexity index is 1840. The number of β-lactam (4-membered cyclic amide) rings is 1. The molecule has 0 radical (unpaired) electrons. The summed E-state index contributed by atoms with van der Waals surface area (Å²) in [7, 11) is 0. The fraction of sp³-hybridized carbons (Fsp3) is 0.333. The zero-order valence-electron chi connectivity index (χ0n) is 24.5. The number of aliphatic carboxylic acids is 2. The smallest absolute Gasteiger partial charge is 0.404 e. The number of fused-ring (bicyclic) bond motifs is 2. The van der Waals surface area contributed by atoms with Gasteiger partial charge in [0.15, 0.2) is 23.6 Å². The standard InChI is InChI=1S/C27H27ClN8O9S2/c1-12(24(39)40)45-33-17(16-20(28)47-26(29)32-16)21(37)31-18-22(38)36-19(25(41)42)13(11-46-23(18)36)10-35-6-2-4-14-15(35)5-8-34(14)7-3-9-44-27(30)43/h2,4-6,8,12,18,23H,3,7,9-11H2,1H3,(H6-,29,30,31,32,37,39,40,41,42,43)/b33-17-/t12-,18+,23+/m0/s1. The summed E-state index contributed by atoms with van der Waals surface area (Å²) in [5.41, 5.74) is 11.8. The van der Waals surface area contributed by atoms with Gasteiger partial charge in [-0.3, -0.25) is 14.5 Å². The minimum absolute atomic E-state index is 0.00158. The quantitative estimate of drug-likeness (QED) is 0.0572. The van der Waals surface area contributed by atoms with E-state index >= 15 is 0 Å². The number of nitrogens with two attached hydrogens (primary N) is 2. The molecule has 0 bridgehead atoms. The van der Waals surface area contributed by atoms with Gasteiger partial charge in [0.1, 0.15) is 27.0 Å². The number of primary amides is 1. The van der Waals surface area contributed by atoms with Gasteiger partial charge in [-0.25, -0.2) is 14.6 Å². The van der Waals surface area contributed by atoms with Crippen molar-refractivity contribution in [1.29, 1.82) is 0 Å². The predicted molar refractivity (Wildman–Crippen MR) is 166 cm³/mol. The molecule has 0 unspecified atom stereocenters. The lowest BCUT2D eigenvalue weighted by molar-refractivity contribution is -0.663. The molecule has 3 aromatic heterocycles. The molecule has 6 N–H and O–H groups in total. The number of thioether (sulfide) groups is 1. The van der Waals surface area contributed by atoms with Crippen LogP contribution >= 0.6 is 34.7 Å². The van der Waals surface area contributed by atoms with E-state index in [0.29, 0.717) is 18.5 Å². The normalized spacial score (nSPS) is 18.4. The second-order valence-electron chi connectivity index (χ2n) is 10.2. The highest BCUT2D eigenvalue weighted by Crippen LogP contribution is 2.40. The Hall–Kier alpha value is -4.88. The van der Waals surface area contributed by atoms with Gasteiger partial charge >= 0.3 is 12.1 Å². The van der Waals surface area contributed by atoms with Crippen molar-refractivity contribution < 1.29 is 48.3 Å². The van der Waals surface area contributed by atoms with E-state index in [1.54, 1.807) is 12.3 Å². The summed E-state index contributed by atoms with van der Waals surface area (Å²) >= 11 is 8.24. The zero-order valence-corrected chi connectivity index (χ0v) is 26.8. The van der Waals surface area contributed by atoms with Crippen molar-refractivity contribution in [2.24, 2.45) is 10.9 Å². The number of nitrogens with one attached hydrogen (secondary N) is 1. The first-order valence-corrected chi connectivity index (χ1v) is 16.1. The van der Waals surface area contributed by atoms with Crippen LogP contribution in [0.5, 0.6) is 0 Å². The van der Waals surface area contributed by atoms with Crippen LogP contribution in [0.3, 0.4) is 0 Å². The van der Waals surface area contributed by atoms with Crippen molar-refractivity contribution >= 4 is 86.4 Å². The first-order valence-electron chi connectivity index (χ1n) is 13.8. The number of amides is 3. The summed E-state index contributed by atoms with van der Waals surface area (Å²) in [6.07, 6.45) is 1.89. The summed E-state index contributed by atoms with van der Waals surface area (Å²) in [4.78, 5) is 71.0. The summed E-state index contributed by atoms with van der Waals surface area (Å²) in [6, 6.07) is 4.40. The number of carbonyl (C=O) groups excluding carboxylic acids is 4. The molecule has 20 heteroatoms. The molecule has 47 heavy (non-hydrogen) atoms. The summed E-state index contributed by atoms with van der Waals surface area (Å²) in [6.45, 7) is 2.02. The molecule has 5 rings (SSSR count). The second kappa shape index (κ2) is 13.9. The maximum Gasteiger partial charge on any atom is 0.404 e. The van der Waals surface area contributed by atoms with Crippen LogP contribution in [0.1, 0.15) is 19.0 Å². The van der Waals surface area contributed by atoms with Crippen molar-refractivity contribution in [3.63, 3.8) is 0 Å². The Balaban J connectivity index is 1.34. The summed E-state index contributed by atoms with van der Waals surface area (Å²) in [5, 5.41) is 26.9. The van der Waals surface area contributed by atoms with E-state index in [9.17, 15) is 29.1 Å². The summed E-state index contributed by atoms with van der Waals surface area (Å²) < 4.78 is 8.57. The van der Waals surface area contributed by atoms with E-state index in [4.69, 9.17) is 37.7 Å². The molecular weight excluding hydrogens is 680 g/mol. The zero-order chi connectivity index (χ0) is 34.0. The highest BCUT2D eigenvalue weighted by molar-refractivity contribution is 8.00. The molecule has 3 atom stereocenters. The number of oxime groups is 1. The third kappa shape index (κ3) is 6.96. The lowest BCUT2D eigenvalue weighted by Gasteiger charge is -2.50. The molecule has 2 aliphatic rings. The minimum atomic E-state index is -1.55. The number of pyridine rings is 1. The number of carboxylic acids is 2. The molecule has 1 saturated heterocycles. The van der Waals surface area contributed by atoms with Crippen molar-refractivity contribution in [2.45, 2.75) is 44.0 Å². The Morgan fingerprint density at radius 1 is 1.34 bits per heavy atom. The molecule has 3 aromatic rings. The average molecular weight is 707 g/mol. The van der Waals surface area contributed by atoms with Gasteiger partial charge in [-0.05, 0) is 19.4 Å². The van der Waals surface area contributed by atoms with Gasteiger partial charge in [0, 0.05) is 36.2 Å². The van der Waals surface area contributed by atoms with Crippen molar-refractivity contribution in [2.75, 3.05) is 18.1 Å². The molecule has 1 fully saturated rings. The Morgan fingerprint density at radius 2 is 2.11 bits per heavy atom. The van der Waals surface area contributed by atoms with E-state index in [-0.39, 0.29) is 39.8 Å². The lowest BCUT2D eigenvalue weighted by Crippen LogP contribution is -2.71. The Morgan fingerprint density at radius 3 is 2.77 bits per heavy atom. The number of nitrogens with zero attached hydrogens (tertiary/aromatic N) is 5. The largest absolute Gasteiger partial charge is 0.543 e. The van der Waals surface area contributed by atoms with Gasteiger partial charge in [-0.1, -0.05) is 28.1 Å². The third-order valence-corrected chi connectivity index (χ3v) is 9.60. The van der Waals surface area contributed by atoms with E-state index in [0.717, 1.165) is 27.3 Å². The maximum absolute atomic E-state index is 13.3. The monoisotopic (exact) mass is 706 g/mol. The lowest BCUT2D eigenvalue weighted by atomic mass is 10.0. The van der Waals surface area contributed by atoms with Crippen LogP contribution in [0.2, 0.25) is 4.34 Å². The van der Waals surface area contributed by atoms with Crippen molar-refractivity contribution in [3.8, 4) is 0 Å². The minimum Gasteiger partial charge on any atom is -0.543 e. The van der Waals surface area contributed by atoms with E-state index < -0.39 is 53.1 Å². The van der Waals surface area contributed by atoms with Gasteiger partial charge in [0.25, 0.3) is 11.8 Å². The molecule has 3 amide bonds. The molecule has 5 heterocycles. The van der Waals surface area contributed by atoms with Crippen LogP contribution in [0.15, 0.2) is 47.0 Å². The topological polar surface area (TPSA) is 248 Å². The van der Waals surface area contributed by atoms with Crippen molar-refractivity contribution in [3.05, 3.63) is 51.9 Å². The van der Waals surface area contributed by atoms with Gasteiger partial charge in [0.05, 0.1) is 18.3 Å². The molecule has 2 aliphatic heterocycles. The fourth-order valence-electron chi connectivity index (χ4n) is 5.00. The number of anilines is 1. The van der Waals surface area contributed by atoms with Gasteiger partial charge in [-0.2, -0.15) is 4.57 Å². The first kappa shape index (κ1) is 33.5. The Kier molecular flexibility index (Phi) is 9.87. The second-order valence-corrected chi connectivity index (χ2v) is 13.0. The number of halogens is 1. The Labute approximate surface area is 278 Å². The van der Waals surface area contributed by atoms with E-state index in [2.05, 4.69) is 15.5 Å². The SMILES string of the molecule is C[C@H](O/N=C(\C(=O)N[C@@H]1C(=O)N2C(C(=O)[O-])=C(C[n+]3cccc4c3ccn4CCCOC(N)=O)CS[C@H]12)c1nc(N)sc1Cl)C(=O)O. The molecule has 0 aromatic carbocycles. The maximum atomic E-state index is 13.3. The number of ether oxygens (including phenoxy) is 1. The van der Waals surface area contributed by atoms with Crippen LogP contribution in [-0.2, 0) is 41.8 Å². The third-order valence-electron chi connectivity index (χ3n) is 7.18. The average Bonchev–Trinajstić information content (AvgIpc) is 3.59. The number of nitrogen functional groups attached to an aromatic ring is 1. The number of thiazole rings is 1. The number of hydrogen-bond acceptors (Lipinski definition) is 13. The molecule has 0 spiro atoms. The number of aromatic nitrogens is 3. The van der Waals surface area contributed by atoms with Gasteiger partial charge in [-0.15, -0.1) is 11.8 Å². The predicted octanol–water partition coefficient (Wildman–Crippen LogP) is -0.596. The van der Waals surface area contributed by atoms with Crippen LogP contribution in [0.25, 0.3) is 11.0 Å². The number of carbonyl (C=O) groups is 5. The fourth-order valence-corrected chi connectivity index (χ4v) is 7.26. The molecule has 0 aliphatic carbocycles. The molecular formula is C27H27ClN8O9S2. The van der Waals surface area contributed by atoms with Gasteiger partial charge < -0.3 is 45.9 Å². The van der Waals surface area contributed by atoms with E-state index in [1.807, 2.05) is 27.5 Å². The molecule has 17 nitrogen and oxygen atoms in total. The van der Waals surface area contributed by atoms with Crippen LogP contribution < -0.4 is 26.5 Å². The van der Waals surface area contributed by atoms with Crippen LogP contribution in [-0.4, -0.2) is 85.0 Å².